The van der Waals surface area contributed by atoms with E-state index in [1.165, 1.54) is 24.0 Å². The standard InChI is InChI=1S/C14H21NO/c1-10(2)15-13-8-4-7-12-11(13)6-5-9-14(12)16-3/h5-6,9-10,13,15H,4,7-8H2,1-3H3/t13-/m0/s1. The van der Waals surface area contributed by atoms with Gasteiger partial charge in [0, 0.05) is 12.1 Å². The van der Waals surface area contributed by atoms with Crippen LogP contribution in [-0.2, 0) is 6.42 Å². The van der Waals surface area contributed by atoms with Crippen molar-refractivity contribution >= 4 is 0 Å². The third-order valence-electron chi connectivity index (χ3n) is 3.22. The lowest BCUT2D eigenvalue weighted by Crippen LogP contribution is -2.30. The highest BCUT2D eigenvalue weighted by Crippen LogP contribution is 2.35. The van der Waals surface area contributed by atoms with E-state index in [1.807, 2.05) is 0 Å². The molecule has 1 atom stereocenters. The van der Waals surface area contributed by atoms with Gasteiger partial charge in [0.1, 0.15) is 5.75 Å². The third-order valence-corrected chi connectivity index (χ3v) is 3.22. The SMILES string of the molecule is COc1cccc2c1CCC[C@@H]2NC(C)C. The molecule has 0 amide bonds. The van der Waals surface area contributed by atoms with E-state index in [-0.39, 0.29) is 0 Å². The van der Waals surface area contributed by atoms with Crippen LogP contribution < -0.4 is 10.1 Å². The first-order chi connectivity index (χ1) is 7.72. The second-order valence-corrected chi connectivity index (χ2v) is 4.79. The smallest absolute Gasteiger partial charge is 0.122 e. The summed E-state index contributed by atoms with van der Waals surface area (Å²) in [5, 5.41) is 3.63. The van der Waals surface area contributed by atoms with Gasteiger partial charge in [0.15, 0.2) is 0 Å². The van der Waals surface area contributed by atoms with E-state index in [9.17, 15) is 0 Å². The first kappa shape index (κ1) is 11.5. The van der Waals surface area contributed by atoms with Gasteiger partial charge in [-0.05, 0) is 36.5 Å². The van der Waals surface area contributed by atoms with Crippen molar-refractivity contribution in [2.24, 2.45) is 0 Å². The fourth-order valence-corrected chi connectivity index (χ4v) is 2.58. The topological polar surface area (TPSA) is 21.3 Å². The second-order valence-electron chi connectivity index (χ2n) is 4.79. The van der Waals surface area contributed by atoms with Crippen molar-refractivity contribution in [2.45, 2.75) is 45.2 Å². The van der Waals surface area contributed by atoms with Crippen molar-refractivity contribution in [3.8, 4) is 5.75 Å². The lowest BCUT2D eigenvalue weighted by Gasteiger charge is -2.29. The molecule has 2 heteroatoms. The Kier molecular flexibility index (Phi) is 3.49. The van der Waals surface area contributed by atoms with Crippen molar-refractivity contribution in [1.29, 1.82) is 0 Å². The van der Waals surface area contributed by atoms with Crippen LogP contribution in [0.5, 0.6) is 5.75 Å². The van der Waals surface area contributed by atoms with E-state index in [0.717, 1.165) is 12.2 Å². The molecule has 0 saturated heterocycles. The van der Waals surface area contributed by atoms with Crippen molar-refractivity contribution in [1.82, 2.24) is 5.32 Å². The Morgan fingerprint density at radius 2 is 2.19 bits per heavy atom. The minimum Gasteiger partial charge on any atom is -0.496 e. The normalized spacial score (nSPS) is 19.6. The molecule has 1 aliphatic rings. The zero-order valence-corrected chi connectivity index (χ0v) is 10.4. The van der Waals surface area contributed by atoms with Gasteiger partial charge in [-0.25, -0.2) is 0 Å². The van der Waals surface area contributed by atoms with Crippen LogP contribution in [0.2, 0.25) is 0 Å². The van der Waals surface area contributed by atoms with Gasteiger partial charge in [0.05, 0.1) is 7.11 Å². The van der Waals surface area contributed by atoms with Gasteiger partial charge in [-0.3, -0.25) is 0 Å². The summed E-state index contributed by atoms with van der Waals surface area (Å²) in [6.45, 7) is 4.41. The molecule has 0 aromatic heterocycles. The highest BCUT2D eigenvalue weighted by Gasteiger charge is 2.22. The van der Waals surface area contributed by atoms with Crippen LogP contribution in [0.1, 0.15) is 43.9 Å². The molecule has 0 saturated carbocycles. The maximum Gasteiger partial charge on any atom is 0.122 e. The van der Waals surface area contributed by atoms with Gasteiger partial charge < -0.3 is 10.1 Å². The molecule has 2 rings (SSSR count). The Morgan fingerprint density at radius 1 is 1.38 bits per heavy atom. The lowest BCUT2D eigenvalue weighted by atomic mass is 9.87. The van der Waals surface area contributed by atoms with Crippen molar-refractivity contribution in [2.75, 3.05) is 7.11 Å². The summed E-state index contributed by atoms with van der Waals surface area (Å²) < 4.78 is 5.44. The number of benzene rings is 1. The molecular formula is C14H21NO. The van der Waals surface area contributed by atoms with E-state index in [0.29, 0.717) is 12.1 Å². The van der Waals surface area contributed by atoms with Crippen LogP contribution in [0, 0.1) is 0 Å². The maximum atomic E-state index is 5.44. The fraction of sp³-hybridized carbons (Fsp3) is 0.571. The molecule has 0 aliphatic heterocycles. The second kappa shape index (κ2) is 4.88. The minimum absolute atomic E-state index is 0.499. The molecule has 1 aliphatic carbocycles. The molecule has 0 fully saturated rings. The molecule has 0 unspecified atom stereocenters. The molecule has 1 aromatic carbocycles. The quantitative estimate of drug-likeness (QED) is 0.843. The van der Waals surface area contributed by atoms with Crippen LogP contribution in [0.15, 0.2) is 18.2 Å². The molecule has 16 heavy (non-hydrogen) atoms. The first-order valence-corrected chi connectivity index (χ1v) is 6.14. The van der Waals surface area contributed by atoms with Crippen molar-refractivity contribution in [3.63, 3.8) is 0 Å². The number of hydrogen-bond donors (Lipinski definition) is 1. The van der Waals surface area contributed by atoms with Gasteiger partial charge in [0.25, 0.3) is 0 Å². The van der Waals surface area contributed by atoms with Gasteiger partial charge in [-0.1, -0.05) is 26.0 Å². The number of ether oxygens (including phenoxy) is 1. The zero-order chi connectivity index (χ0) is 11.5. The summed E-state index contributed by atoms with van der Waals surface area (Å²) in [5.74, 6) is 1.05. The summed E-state index contributed by atoms with van der Waals surface area (Å²) in [5.41, 5.74) is 2.83. The number of rotatable bonds is 3. The predicted octanol–water partition coefficient (Wildman–Crippen LogP) is 3.07. The van der Waals surface area contributed by atoms with Gasteiger partial charge in [-0.2, -0.15) is 0 Å². The fourth-order valence-electron chi connectivity index (χ4n) is 2.58. The number of nitrogens with one attached hydrogen (secondary N) is 1. The van der Waals surface area contributed by atoms with E-state index in [1.54, 1.807) is 7.11 Å². The average molecular weight is 219 g/mol. The lowest BCUT2D eigenvalue weighted by molar-refractivity contribution is 0.388. The molecular weight excluding hydrogens is 198 g/mol. The van der Waals surface area contributed by atoms with E-state index < -0.39 is 0 Å². The van der Waals surface area contributed by atoms with Crippen LogP contribution in [-0.4, -0.2) is 13.2 Å². The third kappa shape index (κ3) is 2.22. The Morgan fingerprint density at radius 3 is 2.88 bits per heavy atom. The molecule has 1 aromatic rings. The predicted molar refractivity (Wildman–Crippen MR) is 66.9 cm³/mol. The maximum absolute atomic E-state index is 5.44. The summed E-state index contributed by atoms with van der Waals surface area (Å²) in [6, 6.07) is 7.42. The van der Waals surface area contributed by atoms with Crippen LogP contribution in [0.4, 0.5) is 0 Å². The average Bonchev–Trinajstić information content (AvgIpc) is 2.28. The Hall–Kier alpha value is -1.02. The largest absolute Gasteiger partial charge is 0.496 e. The van der Waals surface area contributed by atoms with Crippen molar-refractivity contribution < 1.29 is 4.74 Å². The number of methoxy groups -OCH3 is 1. The summed E-state index contributed by atoms with van der Waals surface area (Å²) >= 11 is 0. The van der Waals surface area contributed by atoms with Crippen LogP contribution in [0.3, 0.4) is 0 Å². The van der Waals surface area contributed by atoms with Crippen LogP contribution in [0.25, 0.3) is 0 Å². The number of hydrogen-bond acceptors (Lipinski definition) is 2. The Balaban J connectivity index is 2.31. The molecule has 2 nitrogen and oxygen atoms in total. The van der Waals surface area contributed by atoms with E-state index in [4.69, 9.17) is 4.74 Å². The number of fused-ring (bicyclic) bond motifs is 1. The molecule has 88 valence electrons. The summed E-state index contributed by atoms with van der Waals surface area (Å²) in [6.07, 6.45) is 3.63. The summed E-state index contributed by atoms with van der Waals surface area (Å²) in [7, 11) is 1.76. The zero-order valence-electron chi connectivity index (χ0n) is 10.4. The van der Waals surface area contributed by atoms with Crippen molar-refractivity contribution in [3.05, 3.63) is 29.3 Å². The molecule has 0 bridgehead atoms. The van der Waals surface area contributed by atoms with E-state index in [2.05, 4.69) is 37.4 Å². The molecule has 0 heterocycles. The summed E-state index contributed by atoms with van der Waals surface area (Å²) in [4.78, 5) is 0. The highest BCUT2D eigenvalue weighted by molar-refractivity contribution is 5.43. The van der Waals surface area contributed by atoms with Gasteiger partial charge in [0.2, 0.25) is 0 Å². The first-order valence-electron chi connectivity index (χ1n) is 6.14. The highest BCUT2D eigenvalue weighted by atomic mass is 16.5. The molecule has 1 N–H and O–H groups in total. The monoisotopic (exact) mass is 219 g/mol. The van der Waals surface area contributed by atoms with Crippen LogP contribution >= 0.6 is 0 Å². The molecule has 0 radical (unpaired) electrons. The van der Waals surface area contributed by atoms with Gasteiger partial charge in [-0.15, -0.1) is 0 Å². The van der Waals surface area contributed by atoms with Gasteiger partial charge >= 0.3 is 0 Å². The minimum atomic E-state index is 0.499. The Bertz CT molecular complexity index is 360. The Labute approximate surface area is 98.0 Å². The van der Waals surface area contributed by atoms with E-state index >= 15 is 0 Å². The molecule has 0 spiro atoms.